The van der Waals surface area contributed by atoms with Gasteiger partial charge in [0.1, 0.15) is 5.69 Å². The molecule has 0 bridgehead atoms. The Morgan fingerprint density at radius 1 is 0.879 bits per heavy atom. The van der Waals surface area contributed by atoms with Gasteiger partial charge in [0.05, 0.1) is 25.5 Å². The first kappa shape index (κ1) is 23.6. The second-order valence-corrected chi connectivity index (χ2v) is 7.54. The normalized spacial score (nSPS) is 10.1. The third kappa shape index (κ3) is 6.47. The highest BCUT2D eigenvalue weighted by atomic mass is 32.2. The molecule has 1 aromatic heterocycles. The second-order valence-electron chi connectivity index (χ2n) is 6.53. The number of hydrogen-bond acceptors (Lipinski definition) is 7. The van der Waals surface area contributed by atoms with Crippen molar-refractivity contribution in [2.75, 3.05) is 25.3 Å². The minimum atomic E-state index is -0.539. The molecule has 0 unspecified atom stereocenters. The van der Waals surface area contributed by atoms with Gasteiger partial charge in [-0.05, 0) is 36.4 Å². The summed E-state index contributed by atoms with van der Waals surface area (Å²) in [7, 11) is 3.05. The van der Waals surface area contributed by atoms with Crippen LogP contribution in [0.5, 0.6) is 11.5 Å². The van der Waals surface area contributed by atoms with Crippen molar-refractivity contribution >= 4 is 35.2 Å². The van der Waals surface area contributed by atoms with E-state index in [2.05, 4.69) is 21.2 Å². The molecule has 3 N–H and O–H groups in total. The molecule has 9 nitrogen and oxygen atoms in total. The largest absolute Gasteiger partial charge is 0.493 e. The zero-order chi connectivity index (χ0) is 23.6. The Hall–Kier alpha value is -4.05. The van der Waals surface area contributed by atoms with E-state index in [4.69, 9.17) is 9.47 Å². The SMILES string of the molecule is COc1ccc(NC(=O)CSc2ccccc2C(=O)NNC(=O)c2ccccn2)cc1OC. The summed E-state index contributed by atoms with van der Waals surface area (Å²) in [5.74, 6) is -0.187. The average Bonchev–Trinajstić information content (AvgIpc) is 2.86. The number of methoxy groups -OCH3 is 2. The van der Waals surface area contributed by atoms with E-state index in [1.165, 1.54) is 38.2 Å². The lowest BCUT2D eigenvalue weighted by Gasteiger charge is -2.12. The number of aromatic nitrogens is 1. The molecule has 3 rings (SSSR count). The predicted octanol–water partition coefficient (Wildman–Crippen LogP) is 2.90. The number of thioether (sulfide) groups is 1. The predicted molar refractivity (Wildman–Crippen MR) is 125 cm³/mol. The molecule has 33 heavy (non-hydrogen) atoms. The molecule has 0 atom stereocenters. The molecule has 3 amide bonds. The number of ether oxygens (including phenoxy) is 2. The maximum atomic E-state index is 12.6. The number of carbonyl (C=O) groups is 3. The van der Waals surface area contributed by atoms with E-state index in [-0.39, 0.29) is 17.4 Å². The average molecular weight is 467 g/mol. The van der Waals surface area contributed by atoms with Crippen molar-refractivity contribution < 1.29 is 23.9 Å². The Kier molecular flexibility index (Phi) is 8.25. The van der Waals surface area contributed by atoms with E-state index in [0.717, 1.165) is 0 Å². The molecule has 0 aliphatic carbocycles. The summed E-state index contributed by atoms with van der Waals surface area (Å²) in [6, 6.07) is 16.7. The summed E-state index contributed by atoms with van der Waals surface area (Å²) in [5, 5.41) is 2.79. The van der Waals surface area contributed by atoms with Gasteiger partial charge < -0.3 is 14.8 Å². The highest BCUT2D eigenvalue weighted by molar-refractivity contribution is 8.00. The zero-order valence-corrected chi connectivity index (χ0v) is 18.8. The summed E-state index contributed by atoms with van der Waals surface area (Å²) >= 11 is 1.20. The van der Waals surface area contributed by atoms with Crippen molar-refractivity contribution in [1.29, 1.82) is 0 Å². The Labute approximate surface area is 194 Å². The van der Waals surface area contributed by atoms with Gasteiger partial charge >= 0.3 is 0 Å². The fraction of sp³-hybridized carbons (Fsp3) is 0.130. The molecular formula is C23H22N4O5S. The molecule has 0 aliphatic rings. The number of rotatable bonds is 8. The maximum absolute atomic E-state index is 12.6. The van der Waals surface area contributed by atoms with Crippen LogP contribution in [-0.4, -0.2) is 42.7 Å². The van der Waals surface area contributed by atoms with Crippen LogP contribution in [0, 0.1) is 0 Å². The second kappa shape index (κ2) is 11.5. The number of amides is 3. The van der Waals surface area contributed by atoms with Gasteiger partial charge in [-0.25, -0.2) is 0 Å². The van der Waals surface area contributed by atoms with Crippen molar-refractivity contribution in [3.63, 3.8) is 0 Å². The first-order valence-electron chi connectivity index (χ1n) is 9.77. The number of hydrazine groups is 1. The molecule has 0 saturated carbocycles. The molecule has 0 fully saturated rings. The van der Waals surface area contributed by atoms with E-state index in [1.54, 1.807) is 54.6 Å². The lowest BCUT2D eigenvalue weighted by molar-refractivity contribution is -0.113. The number of anilines is 1. The van der Waals surface area contributed by atoms with Crippen LogP contribution in [0.2, 0.25) is 0 Å². The fourth-order valence-electron chi connectivity index (χ4n) is 2.78. The van der Waals surface area contributed by atoms with Crippen LogP contribution in [0.3, 0.4) is 0 Å². The lowest BCUT2D eigenvalue weighted by Crippen LogP contribution is -2.42. The first-order chi connectivity index (χ1) is 16.0. The summed E-state index contributed by atoms with van der Waals surface area (Å²) in [6.07, 6.45) is 1.48. The van der Waals surface area contributed by atoms with Crippen molar-refractivity contribution in [2.45, 2.75) is 4.90 Å². The highest BCUT2D eigenvalue weighted by Crippen LogP contribution is 2.30. The van der Waals surface area contributed by atoms with E-state index in [0.29, 0.717) is 27.6 Å². The molecule has 170 valence electrons. The Bertz CT molecular complexity index is 1140. The van der Waals surface area contributed by atoms with Gasteiger partial charge in [-0.3, -0.25) is 30.2 Å². The van der Waals surface area contributed by atoms with Crippen LogP contribution in [0.1, 0.15) is 20.8 Å². The minimum Gasteiger partial charge on any atom is -0.493 e. The first-order valence-corrected chi connectivity index (χ1v) is 10.8. The Morgan fingerprint density at radius 2 is 1.61 bits per heavy atom. The fourth-order valence-corrected chi connectivity index (χ4v) is 3.63. The third-order valence-electron chi connectivity index (χ3n) is 4.34. The number of benzene rings is 2. The number of carbonyl (C=O) groups excluding carboxylic acids is 3. The minimum absolute atomic E-state index is 0.0684. The van der Waals surface area contributed by atoms with Crippen LogP contribution in [0.4, 0.5) is 5.69 Å². The van der Waals surface area contributed by atoms with Crippen molar-refractivity contribution in [1.82, 2.24) is 15.8 Å². The van der Waals surface area contributed by atoms with Crippen LogP contribution in [0.15, 0.2) is 71.8 Å². The topological polar surface area (TPSA) is 119 Å². The smallest absolute Gasteiger partial charge is 0.288 e. The standard InChI is InChI=1S/C23H22N4O5S/c1-31-18-11-10-15(13-19(18)32-2)25-21(28)14-33-20-9-4-3-7-16(20)22(29)26-27-23(30)17-8-5-6-12-24-17/h3-13H,14H2,1-2H3,(H,25,28)(H,26,29)(H,27,30). The van der Waals surface area contributed by atoms with Gasteiger partial charge in [-0.15, -0.1) is 11.8 Å². The number of hydrogen-bond donors (Lipinski definition) is 3. The van der Waals surface area contributed by atoms with Crippen LogP contribution in [0.25, 0.3) is 0 Å². The molecule has 1 heterocycles. The molecule has 0 radical (unpaired) electrons. The molecule has 0 aliphatic heterocycles. The van der Waals surface area contributed by atoms with E-state index in [1.807, 2.05) is 0 Å². The number of nitrogens with one attached hydrogen (secondary N) is 3. The quantitative estimate of drug-likeness (QED) is 0.345. The molecule has 0 saturated heterocycles. The van der Waals surface area contributed by atoms with Crippen molar-refractivity contribution in [3.05, 3.63) is 78.1 Å². The Morgan fingerprint density at radius 3 is 2.33 bits per heavy atom. The van der Waals surface area contributed by atoms with E-state index >= 15 is 0 Å². The lowest BCUT2D eigenvalue weighted by atomic mass is 10.2. The number of nitrogens with zero attached hydrogens (tertiary/aromatic N) is 1. The molecule has 2 aromatic carbocycles. The summed E-state index contributed by atoms with van der Waals surface area (Å²) in [5.41, 5.74) is 5.75. The van der Waals surface area contributed by atoms with Gasteiger partial charge in [-0.1, -0.05) is 18.2 Å². The summed E-state index contributed by atoms with van der Waals surface area (Å²) in [4.78, 5) is 41.6. The zero-order valence-electron chi connectivity index (χ0n) is 18.0. The highest BCUT2D eigenvalue weighted by Gasteiger charge is 2.15. The van der Waals surface area contributed by atoms with Crippen molar-refractivity contribution in [3.8, 4) is 11.5 Å². The van der Waals surface area contributed by atoms with E-state index in [9.17, 15) is 14.4 Å². The molecule has 10 heteroatoms. The van der Waals surface area contributed by atoms with Gasteiger partial charge in [0, 0.05) is 22.8 Å². The van der Waals surface area contributed by atoms with E-state index < -0.39 is 11.8 Å². The van der Waals surface area contributed by atoms with Gasteiger partial charge in [-0.2, -0.15) is 0 Å². The Balaban J connectivity index is 1.58. The summed E-state index contributed by atoms with van der Waals surface area (Å²) < 4.78 is 10.4. The van der Waals surface area contributed by atoms with Crippen LogP contribution < -0.4 is 25.6 Å². The number of pyridine rings is 1. The van der Waals surface area contributed by atoms with Crippen LogP contribution in [-0.2, 0) is 4.79 Å². The van der Waals surface area contributed by atoms with Crippen molar-refractivity contribution in [2.24, 2.45) is 0 Å². The summed E-state index contributed by atoms with van der Waals surface area (Å²) in [6.45, 7) is 0. The molecular weight excluding hydrogens is 444 g/mol. The van der Waals surface area contributed by atoms with Gasteiger partial charge in [0.25, 0.3) is 11.8 Å². The van der Waals surface area contributed by atoms with Gasteiger partial charge in [0.15, 0.2) is 11.5 Å². The van der Waals surface area contributed by atoms with Gasteiger partial charge in [0.2, 0.25) is 5.91 Å². The molecule has 0 spiro atoms. The molecule has 3 aromatic rings. The monoisotopic (exact) mass is 466 g/mol. The van der Waals surface area contributed by atoms with Crippen LogP contribution >= 0.6 is 11.8 Å². The maximum Gasteiger partial charge on any atom is 0.288 e. The third-order valence-corrected chi connectivity index (χ3v) is 5.42.